The molecule has 2 atom stereocenters. The van der Waals surface area contributed by atoms with Crippen LogP contribution in [0.3, 0.4) is 0 Å². The fourth-order valence-electron chi connectivity index (χ4n) is 5.76. The summed E-state index contributed by atoms with van der Waals surface area (Å²) in [6, 6.07) is 5.97. The highest BCUT2D eigenvalue weighted by atomic mass is 16.5. The Morgan fingerprint density at radius 1 is 1.34 bits per heavy atom. The van der Waals surface area contributed by atoms with Crippen molar-refractivity contribution in [3.8, 4) is 11.5 Å². The second kappa shape index (κ2) is 8.39. The number of nitrogens with two attached hydrogens (primary N) is 1. The highest BCUT2D eigenvalue weighted by molar-refractivity contribution is 5.87. The van der Waals surface area contributed by atoms with Crippen molar-refractivity contribution in [2.24, 2.45) is 17.6 Å². The molecule has 1 aromatic rings. The lowest BCUT2D eigenvalue weighted by atomic mass is 9.50. The average Bonchev–Trinajstić information content (AvgIpc) is 2.68. The average molecular weight is 402 g/mol. The molecule has 0 saturated heterocycles. The molecule has 3 N–H and O–H groups in total. The van der Waals surface area contributed by atoms with Crippen LogP contribution in [0.5, 0.6) is 11.5 Å². The van der Waals surface area contributed by atoms with E-state index in [-0.39, 0.29) is 11.3 Å². The number of hydrogen-bond acceptors (Lipinski definition) is 4. The van der Waals surface area contributed by atoms with Crippen LogP contribution in [-0.4, -0.2) is 29.8 Å². The molecule has 2 aliphatic rings. The molecule has 0 spiro atoms. The SMILES string of the molecule is CCC(CC)[C@@]12CC(C(=O)O)=CC[C@H]1C(C)(C)Oc1cccc(OCCCN)c12. The van der Waals surface area contributed by atoms with Gasteiger partial charge < -0.3 is 20.3 Å². The Balaban J connectivity index is 2.25. The van der Waals surface area contributed by atoms with E-state index in [1.165, 1.54) is 0 Å². The third kappa shape index (κ3) is 3.65. The molecule has 160 valence electrons. The molecule has 0 saturated carbocycles. The smallest absolute Gasteiger partial charge is 0.331 e. The molecule has 1 heterocycles. The van der Waals surface area contributed by atoms with Crippen molar-refractivity contribution >= 4 is 5.97 Å². The number of benzene rings is 1. The van der Waals surface area contributed by atoms with Gasteiger partial charge in [-0.1, -0.05) is 38.8 Å². The van der Waals surface area contributed by atoms with Gasteiger partial charge in [-0.05, 0) is 57.7 Å². The van der Waals surface area contributed by atoms with Crippen LogP contribution in [0.15, 0.2) is 29.8 Å². The van der Waals surface area contributed by atoms with Gasteiger partial charge >= 0.3 is 5.97 Å². The van der Waals surface area contributed by atoms with Gasteiger partial charge in [0.15, 0.2) is 0 Å². The molecule has 0 radical (unpaired) electrons. The predicted molar refractivity (Wildman–Crippen MR) is 115 cm³/mol. The first-order valence-electron chi connectivity index (χ1n) is 10.9. The van der Waals surface area contributed by atoms with E-state index in [0.717, 1.165) is 36.3 Å². The van der Waals surface area contributed by atoms with E-state index in [1.54, 1.807) is 0 Å². The van der Waals surface area contributed by atoms with Gasteiger partial charge in [-0.15, -0.1) is 0 Å². The molecule has 0 bridgehead atoms. The number of fused-ring (bicyclic) bond motifs is 3. The number of rotatable bonds is 8. The normalized spacial score (nSPS) is 24.9. The van der Waals surface area contributed by atoms with Gasteiger partial charge in [0.1, 0.15) is 17.1 Å². The van der Waals surface area contributed by atoms with Gasteiger partial charge in [0, 0.05) is 22.5 Å². The van der Waals surface area contributed by atoms with E-state index in [1.807, 2.05) is 24.3 Å². The summed E-state index contributed by atoms with van der Waals surface area (Å²) < 4.78 is 12.7. The van der Waals surface area contributed by atoms with Gasteiger partial charge in [-0.25, -0.2) is 4.79 Å². The Hall–Kier alpha value is -2.01. The number of allylic oxidation sites excluding steroid dienone is 1. The summed E-state index contributed by atoms with van der Waals surface area (Å²) in [4.78, 5) is 12.0. The number of ether oxygens (including phenoxy) is 2. The largest absolute Gasteiger partial charge is 0.493 e. The highest BCUT2D eigenvalue weighted by Gasteiger charge is 2.59. The van der Waals surface area contributed by atoms with Crippen LogP contribution >= 0.6 is 0 Å². The monoisotopic (exact) mass is 401 g/mol. The first-order chi connectivity index (χ1) is 13.8. The van der Waals surface area contributed by atoms with Crippen molar-refractivity contribution in [1.29, 1.82) is 0 Å². The maximum absolute atomic E-state index is 12.0. The number of carboxylic acid groups (broad SMARTS) is 1. The minimum Gasteiger partial charge on any atom is -0.493 e. The number of aliphatic carboxylic acids is 1. The zero-order valence-electron chi connectivity index (χ0n) is 18.2. The Morgan fingerprint density at radius 2 is 2.07 bits per heavy atom. The Labute approximate surface area is 174 Å². The predicted octanol–water partition coefficient (Wildman–Crippen LogP) is 4.68. The maximum Gasteiger partial charge on any atom is 0.331 e. The minimum atomic E-state index is -0.818. The first-order valence-corrected chi connectivity index (χ1v) is 10.9. The molecule has 3 rings (SSSR count). The van der Waals surface area contributed by atoms with E-state index in [4.69, 9.17) is 15.2 Å². The Morgan fingerprint density at radius 3 is 2.69 bits per heavy atom. The standard InChI is InChI=1S/C24H35NO4/c1-5-17(6-2)24-15-16(22(26)27)11-12-20(24)23(3,4)29-19-10-7-9-18(21(19)24)28-14-8-13-25/h7,9-11,17,20H,5-6,8,12-15,25H2,1-4H3,(H,26,27)/t20-,24-/m0/s1. The Bertz CT molecular complexity index is 781. The van der Waals surface area contributed by atoms with E-state index < -0.39 is 11.6 Å². The lowest BCUT2D eigenvalue weighted by Crippen LogP contribution is -2.58. The molecular weight excluding hydrogens is 366 g/mol. The molecule has 0 unspecified atom stereocenters. The molecule has 0 amide bonds. The minimum absolute atomic E-state index is 0.176. The van der Waals surface area contributed by atoms with Crippen LogP contribution in [0.4, 0.5) is 0 Å². The van der Waals surface area contributed by atoms with Crippen LogP contribution < -0.4 is 15.2 Å². The van der Waals surface area contributed by atoms with Crippen LogP contribution in [-0.2, 0) is 10.2 Å². The van der Waals surface area contributed by atoms with Crippen molar-refractivity contribution in [3.63, 3.8) is 0 Å². The van der Waals surface area contributed by atoms with E-state index in [0.29, 0.717) is 37.5 Å². The molecule has 5 nitrogen and oxygen atoms in total. The van der Waals surface area contributed by atoms with Crippen molar-refractivity contribution in [2.45, 2.75) is 70.8 Å². The lowest BCUT2D eigenvalue weighted by molar-refractivity contribution is -0.134. The van der Waals surface area contributed by atoms with Crippen LogP contribution in [0.25, 0.3) is 0 Å². The summed E-state index contributed by atoms with van der Waals surface area (Å²) in [6.45, 7) is 9.81. The summed E-state index contributed by atoms with van der Waals surface area (Å²) in [7, 11) is 0. The highest BCUT2D eigenvalue weighted by Crippen LogP contribution is 2.62. The summed E-state index contributed by atoms with van der Waals surface area (Å²) in [5.74, 6) is 1.33. The van der Waals surface area contributed by atoms with Crippen molar-refractivity contribution in [2.75, 3.05) is 13.2 Å². The van der Waals surface area contributed by atoms with E-state index >= 15 is 0 Å². The van der Waals surface area contributed by atoms with Gasteiger partial charge in [-0.3, -0.25) is 0 Å². The number of carbonyl (C=O) groups is 1. The zero-order valence-corrected chi connectivity index (χ0v) is 18.2. The fraction of sp³-hybridized carbons (Fsp3) is 0.625. The maximum atomic E-state index is 12.0. The molecule has 5 heteroatoms. The zero-order chi connectivity index (χ0) is 21.2. The molecule has 0 fully saturated rings. The van der Waals surface area contributed by atoms with Gasteiger partial charge in [0.05, 0.1) is 6.61 Å². The van der Waals surface area contributed by atoms with Gasteiger partial charge in [0.25, 0.3) is 0 Å². The summed E-state index contributed by atoms with van der Waals surface area (Å²) >= 11 is 0. The van der Waals surface area contributed by atoms with Crippen molar-refractivity contribution in [1.82, 2.24) is 0 Å². The van der Waals surface area contributed by atoms with Crippen LogP contribution in [0, 0.1) is 11.8 Å². The quantitative estimate of drug-likeness (QED) is 0.618. The van der Waals surface area contributed by atoms with E-state index in [2.05, 4.69) is 27.7 Å². The molecule has 1 aromatic carbocycles. The van der Waals surface area contributed by atoms with Crippen molar-refractivity contribution < 1.29 is 19.4 Å². The second-order valence-corrected chi connectivity index (χ2v) is 8.88. The van der Waals surface area contributed by atoms with E-state index in [9.17, 15) is 9.90 Å². The molecular formula is C24H35NO4. The van der Waals surface area contributed by atoms with Crippen molar-refractivity contribution in [3.05, 3.63) is 35.4 Å². The van der Waals surface area contributed by atoms with Crippen LogP contribution in [0.2, 0.25) is 0 Å². The van der Waals surface area contributed by atoms with Gasteiger partial charge in [-0.2, -0.15) is 0 Å². The lowest BCUT2D eigenvalue weighted by Gasteiger charge is -2.57. The summed E-state index contributed by atoms with van der Waals surface area (Å²) in [5.41, 5.74) is 6.50. The molecule has 1 aliphatic carbocycles. The number of hydrogen-bond donors (Lipinski definition) is 2. The van der Waals surface area contributed by atoms with Crippen LogP contribution in [0.1, 0.15) is 65.4 Å². The molecule has 0 aromatic heterocycles. The van der Waals surface area contributed by atoms with Gasteiger partial charge in [0.2, 0.25) is 0 Å². The fourth-order valence-corrected chi connectivity index (χ4v) is 5.76. The number of carboxylic acids is 1. The third-order valence-electron chi connectivity index (χ3n) is 6.97. The summed E-state index contributed by atoms with van der Waals surface area (Å²) in [5, 5.41) is 9.85. The second-order valence-electron chi connectivity index (χ2n) is 8.88. The third-order valence-corrected chi connectivity index (χ3v) is 6.97. The molecule has 29 heavy (non-hydrogen) atoms. The molecule has 1 aliphatic heterocycles. The summed E-state index contributed by atoms with van der Waals surface area (Å²) in [6.07, 6.45) is 5.84. The first kappa shape index (κ1) is 21.7. The topological polar surface area (TPSA) is 81.8 Å². The Kier molecular flexibility index (Phi) is 6.27.